The average Bonchev–Trinajstić information content (AvgIpc) is 3.07. The third-order valence-corrected chi connectivity index (χ3v) is 3.08. The van der Waals surface area contributed by atoms with Gasteiger partial charge in [-0.25, -0.2) is 0 Å². The van der Waals surface area contributed by atoms with Gasteiger partial charge in [-0.1, -0.05) is 0 Å². The summed E-state index contributed by atoms with van der Waals surface area (Å²) in [6.45, 7) is 0. The second-order valence-electron chi connectivity index (χ2n) is 4.61. The van der Waals surface area contributed by atoms with Gasteiger partial charge in [0.1, 0.15) is 0 Å². The molecule has 7 nitrogen and oxygen atoms in total. The Bertz CT molecular complexity index is 764. The van der Waals surface area contributed by atoms with Gasteiger partial charge in [-0.3, -0.25) is 0 Å². The van der Waals surface area contributed by atoms with Crippen LogP contribution in [0, 0.1) is 0 Å². The zero-order valence-electron chi connectivity index (χ0n) is 12.7. The first-order chi connectivity index (χ1) is 11.3. The Kier molecular flexibility index (Phi) is 4.28. The molecule has 3 aromatic rings. The summed E-state index contributed by atoms with van der Waals surface area (Å²) in [4.78, 5) is 0. The fourth-order valence-electron chi connectivity index (χ4n) is 2.03. The minimum Gasteiger partial charge on any atom is -0.416 e. The predicted octanol–water partition coefficient (Wildman–Crippen LogP) is 4.83. The van der Waals surface area contributed by atoms with Gasteiger partial charge in [0, 0.05) is 25.2 Å². The van der Waals surface area contributed by atoms with Crippen LogP contribution in [0.5, 0.6) is 0 Å². The van der Waals surface area contributed by atoms with E-state index in [0.717, 1.165) is 22.5 Å². The molecular weight excluding hydrogens is 292 g/mol. The number of aromatic nitrogens is 2. The number of benzene rings is 2. The molecule has 0 spiro atoms. The maximum atomic E-state index is 5.73. The zero-order chi connectivity index (χ0) is 16.1. The number of hydrogen-bond acceptors (Lipinski definition) is 7. The number of hydrogen-bond donors (Lipinski definition) is 0. The Balaban J connectivity index is 1.84. The van der Waals surface area contributed by atoms with Crippen molar-refractivity contribution in [1.82, 2.24) is 10.2 Å². The lowest BCUT2D eigenvalue weighted by Gasteiger charge is -1.97. The van der Waals surface area contributed by atoms with Gasteiger partial charge in [0.2, 0.25) is 11.8 Å². The summed E-state index contributed by atoms with van der Waals surface area (Å²) in [6, 6.07) is 14.8. The summed E-state index contributed by atoms with van der Waals surface area (Å²) in [5.74, 6) is 0.912. The monoisotopic (exact) mass is 306 g/mol. The van der Waals surface area contributed by atoms with Gasteiger partial charge in [-0.15, -0.1) is 10.2 Å². The quantitative estimate of drug-likeness (QED) is 0.646. The highest BCUT2D eigenvalue weighted by molar-refractivity contribution is 5.61. The Morgan fingerprint density at radius 1 is 0.652 bits per heavy atom. The Hall–Kier alpha value is -3.22. The molecule has 0 aliphatic heterocycles. The van der Waals surface area contributed by atoms with Gasteiger partial charge < -0.3 is 4.42 Å². The Morgan fingerprint density at radius 2 is 1.04 bits per heavy atom. The van der Waals surface area contributed by atoms with Crippen LogP contribution in [0.4, 0.5) is 11.4 Å². The normalized spacial score (nSPS) is 11.6. The van der Waals surface area contributed by atoms with Crippen molar-refractivity contribution >= 4 is 11.4 Å². The Labute approximate surface area is 132 Å². The van der Waals surface area contributed by atoms with Crippen LogP contribution in [-0.2, 0) is 0 Å². The van der Waals surface area contributed by atoms with E-state index in [1.165, 1.54) is 0 Å². The molecule has 7 heteroatoms. The minimum absolute atomic E-state index is 0.456. The highest BCUT2D eigenvalue weighted by Crippen LogP contribution is 2.26. The Morgan fingerprint density at radius 3 is 1.39 bits per heavy atom. The molecular formula is C16H14N6O. The lowest BCUT2D eigenvalue weighted by Crippen LogP contribution is -1.77. The van der Waals surface area contributed by atoms with Gasteiger partial charge in [0.25, 0.3) is 0 Å². The fourth-order valence-corrected chi connectivity index (χ4v) is 2.03. The van der Waals surface area contributed by atoms with Crippen molar-refractivity contribution in [3.63, 3.8) is 0 Å². The van der Waals surface area contributed by atoms with E-state index in [4.69, 9.17) is 4.42 Å². The van der Waals surface area contributed by atoms with Crippen LogP contribution in [0.2, 0.25) is 0 Å². The first-order valence-corrected chi connectivity index (χ1v) is 6.94. The molecule has 0 fully saturated rings. The number of azo groups is 2. The third kappa shape index (κ3) is 3.34. The molecule has 0 aliphatic carbocycles. The second-order valence-corrected chi connectivity index (χ2v) is 4.61. The van der Waals surface area contributed by atoms with Crippen LogP contribution in [0.25, 0.3) is 22.9 Å². The summed E-state index contributed by atoms with van der Waals surface area (Å²) in [5, 5.41) is 23.6. The van der Waals surface area contributed by atoms with Crippen LogP contribution in [-0.4, -0.2) is 24.3 Å². The van der Waals surface area contributed by atoms with Crippen molar-refractivity contribution in [1.29, 1.82) is 0 Å². The van der Waals surface area contributed by atoms with E-state index < -0.39 is 0 Å². The molecule has 0 atom stereocenters. The molecule has 0 saturated carbocycles. The van der Waals surface area contributed by atoms with Gasteiger partial charge in [0.15, 0.2) is 0 Å². The molecule has 114 valence electrons. The molecule has 0 N–H and O–H groups in total. The van der Waals surface area contributed by atoms with Crippen molar-refractivity contribution in [2.75, 3.05) is 14.1 Å². The van der Waals surface area contributed by atoms with Crippen molar-refractivity contribution < 1.29 is 4.42 Å². The first kappa shape index (κ1) is 14.7. The molecule has 2 aromatic carbocycles. The summed E-state index contributed by atoms with van der Waals surface area (Å²) in [6.07, 6.45) is 0. The largest absolute Gasteiger partial charge is 0.416 e. The summed E-state index contributed by atoms with van der Waals surface area (Å²) >= 11 is 0. The van der Waals surface area contributed by atoms with E-state index in [2.05, 4.69) is 30.7 Å². The van der Waals surface area contributed by atoms with Gasteiger partial charge in [-0.2, -0.15) is 20.5 Å². The topological polar surface area (TPSA) is 88.4 Å². The van der Waals surface area contributed by atoms with Crippen molar-refractivity contribution in [3.05, 3.63) is 48.5 Å². The molecule has 0 saturated heterocycles. The molecule has 23 heavy (non-hydrogen) atoms. The predicted molar refractivity (Wildman–Crippen MR) is 86.1 cm³/mol. The summed E-state index contributed by atoms with van der Waals surface area (Å²) < 4.78 is 5.73. The van der Waals surface area contributed by atoms with Crippen LogP contribution in [0.1, 0.15) is 0 Å². The molecule has 3 rings (SSSR count). The van der Waals surface area contributed by atoms with E-state index in [-0.39, 0.29) is 0 Å². The smallest absolute Gasteiger partial charge is 0.248 e. The molecule has 0 unspecified atom stereocenters. The van der Waals surface area contributed by atoms with E-state index in [0.29, 0.717) is 11.8 Å². The maximum absolute atomic E-state index is 5.73. The van der Waals surface area contributed by atoms with Gasteiger partial charge in [-0.05, 0) is 48.5 Å². The van der Waals surface area contributed by atoms with Crippen LogP contribution < -0.4 is 0 Å². The second kappa shape index (κ2) is 6.69. The van der Waals surface area contributed by atoms with E-state index >= 15 is 0 Å². The molecule has 0 radical (unpaired) electrons. The molecule has 1 aromatic heterocycles. The number of nitrogens with zero attached hydrogens (tertiary/aromatic N) is 6. The molecule has 0 amide bonds. The van der Waals surface area contributed by atoms with Gasteiger partial charge in [0.05, 0.1) is 11.4 Å². The van der Waals surface area contributed by atoms with Crippen LogP contribution >= 0.6 is 0 Å². The van der Waals surface area contributed by atoms with E-state index in [1.807, 2.05) is 48.5 Å². The fraction of sp³-hybridized carbons (Fsp3) is 0.125. The SMILES string of the molecule is CN=Nc1ccc(-c2nnc(-c3ccc(N=NC)cc3)o2)cc1. The molecule has 1 heterocycles. The standard InChI is InChI=1S/C16H14N6O/c1-17-19-13-7-3-11(4-8-13)15-21-22-16(23-15)12-5-9-14(10-6-12)20-18-2/h3-10H,1-2H3. The highest BCUT2D eigenvalue weighted by atomic mass is 16.4. The highest BCUT2D eigenvalue weighted by Gasteiger charge is 2.10. The average molecular weight is 306 g/mol. The van der Waals surface area contributed by atoms with Crippen LogP contribution in [0.3, 0.4) is 0 Å². The summed E-state index contributed by atoms with van der Waals surface area (Å²) in [5.41, 5.74) is 3.21. The van der Waals surface area contributed by atoms with Crippen molar-refractivity contribution in [3.8, 4) is 22.9 Å². The van der Waals surface area contributed by atoms with Crippen molar-refractivity contribution in [2.24, 2.45) is 20.5 Å². The molecule has 0 aliphatic rings. The third-order valence-electron chi connectivity index (χ3n) is 3.08. The maximum Gasteiger partial charge on any atom is 0.248 e. The van der Waals surface area contributed by atoms with E-state index in [1.54, 1.807) is 14.1 Å². The summed E-state index contributed by atoms with van der Waals surface area (Å²) in [7, 11) is 3.26. The van der Waals surface area contributed by atoms with Crippen molar-refractivity contribution in [2.45, 2.75) is 0 Å². The van der Waals surface area contributed by atoms with Crippen LogP contribution in [0.15, 0.2) is 73.4 Å². The van der Waals surface area contributed by atoms with Gasteiger partial charge >= 0.3 is 0 Å². The minimum atomic E-state index is 0.456. The lowest BCUT2D eigenvalue weighted by molar-refractivity contribution is 0.584. The van der Waals surface area contributed by atoms with E-state index in [9.17, 15) is 0 Å². The zero-order valence-corrected chi connectivity index (χ0v) is 12.7. The lowest BCUT2D eigenvalue weighted by atomic mass is 10.2. The first-order valence-electron chi connectivity index (χ1n) is 6.94. The molecule has 0 bridgehead atoms. The number of rotatable bonds is 4.